The molecule has 0 bridgehead atoms. The molecule has 1 fully saturated rings. The maximum Gasteiger partial charge on any atom is 0.257 e. The summed E-state index contributed by atoms with van der Waals surface area (Å²) in [5.41, 5.74) is 5.90. The lowest BCUT2D eigenvalue weighted by molar-refractivity contribution is 0.0977. The molecule has 0 radical (unpaired) electrons. The van der Waals surface area contributed by atoms with Crippen molar-refractivity contribution >= 4 is 40.1 Å². The number of thioether (sulfide) groups is 1. The molecule has 1 aromatic heterocycles. The summed E-state index contributed by atoms with van der Waals surface area (Å²) in [5.74, 6) is 1.01. The molecule has 0 unspecified atom stereocenters. The molecule has 1 saturated heterocycles. The first-order valence-corrected chi connectivity index (χ1v) is 10.2. The Bertz CT molecular complexity index is 852. The molecule has 0 aliphatic carbocycles. The van der Waals surface area contributed by atoms with E-state index in [1.54, 1.807) is 35.2 Å². The molecule has 26 heavy (non-hydrogen) atoms. The first-order chi connectivity index (χ1) is 12.6. The number of amidine groups is 1. The Labute approximate surface area is 160 Å². The number of amides is 1. The van der Waals surface area contributed by atoms with Crippen LogP contribution in [0.15, 0.2) is 52.8 Å². The van der Waals surface area contributed by atoms with Crippen molar-refractivity contribution in [2.45, 2.75) is 5.54 Å². The Morgan fingerprint density at radius 2 is 2.12 bits per heavy atom. The number of benzene rings is 1. The monoisotopic (exact) mass is 385 g/mol. The Balaban J connectivity index is 1.65. The van der Waals surface area contributed by atoms with E-state index < -0.39 is 5.54 Å². The number of rotatable bonds is 2. The lowest BCUT2D eigenvalue weighted by Crippen LogP contribution is -2.42. The van der Waals surface area contributed by atoms with Gasteiger partial charge in [0.05, 0.1) is 6.54 Å². The SMILES string of the molecule is N=C(N)N1C[C@H]2CSC(NC(=O)c3ccccc3)=N[C@@]2(c2cccs2)C1. The zero-order valence-corrected chi connectivity index (χ0v) is 15.6. The van der Waals surface area contributed by atoms with Crippen molar-refractivity contribution in [3.8, 4) is 0 Å². The van der Waals surface area contributed by atoms with E-state index in [2.05, 4.69) is 11.4 Å². The van der Waals surface area contributed by atoms with E-state index in [1.165, 1.54) is 0 Å². The number of likely N-dealkylation sites (tertiary alicyclic amines) is 1. The van der Waals surface area contributed by atoms with E-state index in [4.69, 9.17) is 16.1 Å². The van der Waals surface area contributed by atoms with E-state index in [-0.39, 0.29) is 17.8 Å². The summed E-state index contributed by atoms with van der Waals surface area (Å²) in [6.07, 6.45) is 0. The fraction of sp³-hybridized carbons (Fsp3) is 0.278. The summed E-state index contributed by atoms with van der Waals surface area (Å²) in [6.45, 7) is 1.28. The molecule has 2 aliphatic rings. The molecule has 0 saturated carbocycles. The van der Waals surface area contributed by atoms with Crippen LogP contribution in [0.1, 0.15) is 15.2 Å². The van der Waals surface area contributed by atoms with Gasteiger partial charge in [-0.05, 0) is 23.6 Å². The fourth-order valence-corrected chi connectivity index (χ4v) is 5.55. The molecule has 3 heterocycles. The molecular formula is C18H19N5OS2. The number of guanidine groups is 1. The fourth-order valence-electron chi connectivity index (χ4n) is 3.48. The number of nitrogens with two attached hydrogens (primary N) is 1. The van der Waals surface area contributed by atoms with Crippen LogP contribution in [-0.2, 0) is 5.54 Å². The second-order valence-electron chi connectivity index (χ2n) is 6.41. The minimum absolute atomic E-state index is 0.0744. The predicted octanol–water partition coefficient (Wildman–Crippen LogP) is 2.30. The van der Waals surface area contributed by atoms with Gasteiger partial charge in [0.15, 0.2) is 11.1 Å². The molecule has 134 valence electrons. The minimum Gasteiger partial charge on any atom is -0.370 e. The van der Waals surface area contributed by atoms with Crippen molar-refractivity contribution < 1.29 is 4.79 Å². The molecule has 2 atom stereocenters. The van der Waals surface area contributed by atoms with Gasteiger partial charge in [-0.15, -0.1) is 11.3 Å². The van der Waals surface area contributed by atoms with Crippen molar-refractivity contribution in [2.24, 2.45) is 16.6 Å². The maximum atomic E-state index is 12.5. The Morgan fingerprint density at radius 1 is 1.31 bits per heavy atom. The van der Waals surface area contributed by atoms with Gasteiger partial charge < -0.3 is 16.0 Å². The van der Waals surface area contributed by atoms with Gasteiger partial charge in [0.25, 0.3) is 5.91 Å². The molecule has 2 aromatic rings. The van der Waals surface area contributed by atoms with Gasteiger partial charge in [0.2, 0.25) is 0 Å². The average molecular weight is 386 g/mol. The van der Waals surface area contributed by atoms with Crippen molar-refractivity contribution in [1.82, 2.24) is 10.2 Å². The van der Waals surface area contributed by atoms with Crippen LogP contribution in [0.25, 0.3) is 0 Å². The van der Waals surface area contributed by atoms with Crippen LogP contribution in [-0.4, -0.2) is 40.8 Å². The van der Waals surface area contributed by atoms with E-state index >= 15 is 0 Å². The number of nitrogens with one attached hydrogen (secondary N) is 2. The van der Waals surface area contributed by atoms with Crippen LogP contribution >= 0.6 is 23.1 Å². The molecule has 4 rings (SSSR count). The van der Waals surface area contributed by atoms with Gasteiger partial charge in [-0.2, -0.15) is 0 Å². The second kappa shape index (κ2) is 6.77. The predicted molar refractivity (Wildman–Crippen MR) is 107 cm³/mol. The topological polar surface area (TPSA) is 94.6 Å². The first-order valence-electron chi connectivity index (χ1n) is 8.30. The smallest absolute Gasteiger partial charge is 0.257 e. The Morgan fingerprint density at radius 3 is 2.81 bits per heavy atom. The number of carbonyl (C=O) groups excluding carboxylic acids is 1. The van der Waals surface area contributed by atoms with Crippen molar-refractivity contribution in [3.63, 3.8) is 0 Å². The molecule has 0 spiro atoms. The number of hydrogen-bond acceptors (Lipinski definition) is 5. The maximum absolute atomic E-state index is 12.5. The van der Waals surface area contributed by atoms with Gasteiger partial charge in [-0.1, -0.05) is 36.0 Å². The first kappa shape index (κ1) is 17.1. The minimum atomic E-state index is -0.454. The highest BCUT2D eigenvalue weighted by Crippen LogP contribution is 2.46. The van der Waals surface area contributed by atoms with E-state index in [0.717, 1.165) is 10.6 Å². The van der Waals surface area contributed by atoms with Gasteiger partial charge in [-0.25, -0.2) is 4.99 Å². The van der Waals surface area contributed by atoms with Crippen LogP contribution in [0.2, 0.25) is 0 Å². The number of fused-ring (bicyclic) bond motifs is 1. The molecule has 4 N–H and O–H groups in total. The van der Waals surface area contributed by atoms with Crippen molar-refractivity contribution in [2.75, 3.05) is 18.8 Å². The lowest BCUT2D eigenvalue weighted by atomic mass is 9.87. The largest absolute Gasteiger partial charge is 0.370 e. The number of nitrogens with zero attached hydrogens (tertiary/aromatic N) is 2. The molecular weight excluding hydrogens is 366 g/mol. The molecule has 1 aromatic carbocycles. The summed E-state index contributed by atoms with van der Waals surface area (Å²) in [7, 11) is 0. The highest BCUT2D eigenvalue weighted by Gasteiger charge is 2.51. The molecule has 6 nitrogen and oxygen atoms in total. The second-order valence-corrected chi connectivity index (χ2v) is 8.37. The van der Waals surface area contributed by atoms with Gasteiger partial charge >= 0.3 is 0 Å². The normalized spacial score (nSPS) is 24.7. The zero-order valence-electron chi connectivity index (χ0n) is 14.0. The standard InChI is InChI=1S/C18H19N5OS2/c19-16(20)23-9-13-10-26-17(21-15(24)12-5-2-1-3-6-12)22-18(13,11-23)14-7-4-8-25-14/h1-8,13H,9-11H2,(H3,19,20)(H,21,22,24)/t13-,18-/m0/s1. The van der Waals surface area contributed by atoms with Crippen molar-refractivity contribution in [3.05, 3.63) is 58.3 Å². The third-order valence-electron chi connectivity index (χ3n) is 4.82. The number of aliphatic imine (C=N–C) groups is 1. The summed E-state index contributed by atoms with van der Waals surface area (Å²) in [5, 5.41) is 13.4. The molecule has 8 heteroatoms. The quantitative estimate of drug-likeness (QED) is 0.546. The van der Waals surface area contributed by atoms with E-state index in [9.17, 15) is 4.79 Å². The summed E-state index contributed by atoms with van der Waals surface area (Å²) < 4.78 is 0. The number of carbonyl (C=O) groups is 1. The number of hydrogen-bond donors (Lipinski definition) is 3. The zero-order chi connectivity index (χ0) is 18.1. The van der Waals surface area contributed by atoms with Crippen LogP contribution in [0.5, 0.6) is 0 Å². The summed E-state index contributed by atoms with van der Waals surface area (Å²) in [4.78, 5) is 20.5. The average Bonchev–Trinajstić information content (AvgIpc) is 3.30. The van der Waals surface area contributed by atoms with Gasteiger partial charge in [-0.3, -0.25) is 10.2 Å². The highest BCUT2D eigenvalue weighted by molar-refractivity contribution is 8.13. The third kappa shape index (κ3) is 2.99. The van der Waals surface area contributed by atoms with Gasteiger partial charge in [0.1, 0.15) is 5.54 Å². The van der Waals surface area contributed by atoms with Crippen LogP contribution in [0, 0.1) is 11.3 Å². The van der Waals surface area contributed by atoms with Crippen LogP contribution in [0.3, 0.4) is 0 Å². The molecule has 1 amide bonds. The van der Waals surface area contributed by atoms with Gasteiger partial charge in [0, 0.05) is 28.7 Å². The van der Waals surface area contributed by atoms with E-state index in [0.29, 0.717) is 23.8 Å². The Kier molecular flexibility index (Phi) is 4.46. The third-order valence-corrected chi connectivity index (χ3v) is 6.89. The number of thiophene rings is 1. The summed E-state index contributed by atoms with van der Waals surface area (Å²) in [6, 6.07) is 13.2. The van der Waals surface area contributed by atoms with Crippen molar-refractivity contribution in [1.29, 1.82) is 5.41 Å². The van der Waals surface area contributed by atoms with Crippen LogP contribution in [0.4, 0.5) is 0 Å². The summed E-state index contributed by atoms with van der Waals surface area (Å²) >= 11 is 3.22. The molecule has 2 aliphatic heterocycles. The lowest BCUT2D eigenvalue weighted by Gasteiger charge is -2.34. The van der Waals surface area contributed by atoms with Crippen LogP contribution < -0.4 is 11.1 Å². The Hall–Kier alpha value is -2.32. The highest BCUT2D eigenvalue weighted by atomic mass is 32.2. The van der Waals surface area contributed by atoms with E-state index in [1.807, 2.05) is 34.5 Å².